The average Bonchev–Trinajstić information content (AvgIpc) is 2.93. The molecule has 0 bridgehead atoms. The zero-order chi connectivity index (χ0) is 15.2. The molecule has 0 fully saturated rings. The van der Waals surface area contributed by atoms with Crippen LogP contribution in [0.25, 0.3) is 5.82 Å². The summed E-state index contributed by atoms with van der Waals surface area (Å²) < 4.78 is 1.65. The fraction of sp³-hybridized carbons (Fsp3) is 0.438. The van der Waals surface area contributed by atoms with Crippen LogP contribution in [-0.4, -0.2) is 26.3 Å². The van der Waals surface area contributed by atoms with Crippen LogP contribution in [0.3, 0.4) is 0 Å². The minimum Gasteiger partial charge on any atom is -0.393 e. The molecule has 0 unspecified atom stereocenters. The summed E-state index contributed by atoms with van der Waals surface area (Å²) in [6, 6.07) is 1.84. The third-order valence-corrected chi connectivity index (χ3v) is 3.96. The van der Waals surface area contributed by atoms with Crippen molar-refractivity contribution in [2.45, 2.75) is 38.5 Å². The number of nitrogens with two attached hydrogens (primary N) is 1. The summed E-state index contributed by atoms with van der Waals surface area (Å²) in [6.07, 6.45) is 14.9. The summed E-state index contributed by atoms with van der Waals surface area (Å²) in [4.78, 5) is 8.45. The molecule has 0 spiro atoms. The van der Waals surface area contributed by atoms with Gasteiger partial charge in [0.2, 0.25) is 0 Å². The number of aromatic nitrogens is 4. The van der Waals surface area contributed by atoms with E-state index in [-0.39, 0.29) is 0 Å². The summed E-state index contributed by atoms with van der Waals surface area (Å²) in [5, 5.41) is 7.49. The fourth-order valence-corrected chi connectivity index (χ4v) is 2.75. The van der Waals surface area contributed by atoms with Crippen LogP contribution in [0.1, 0.15) is 38.5 Å². The van der Waals surface area contributed by atoms with Gasteiger partial charge in [0, 0.05) is 18.9 Å². The molecule has 0 aliphatic heterocycles. The van der Waals surface area contributed by atoms with Crippen molar-refractivity contribution in [3.8, 4) is 5.82 Å². The smallest absolute Gasteiger partial charge is 0.181 e. The quantitative estimate of drug-likeness (QED) is 0.829. The maximum Gasteiger partial charge on any atom is 0.181 e. The number of hydrogen-bond donors (Lipinski definition) is 2. The number of allylic oxidation sites excluding steroid dienone is 1. The maximum absolute atomic E-state index is 6.16. The predicted octanol–water partition coefficient (Wildman–Crippen LogP) is 2.94. The van der Waals surface area contributed by atoms with E-state index in [0.717, 1.165) is 13.0 Å². The molecule has 3 N–H and O–H groups in total. The third-order valence-electron chi connectivity index (χ3n) is 3.96. The molecule has 3 rings (SSSR count). The molecule has 2 heterocycles. The highest BCUT2D eigenvalue weighted by atomic mass is 15.3. The van der Waals surface area contributed by atoms with E-state index >= 15 is 0 Å². The largest absolute Gasteiger partial charge is 0.393 e. The molecule has 6 nitrogen and oxygen atoms in total. The van der Waals surface area contributed by atoms with Crippen LogP contribution in [0.4, 0.5) is 11.5 Å². The summed E-state index contributed by atoms with van der Waals surface area (Å²) in [7, 11) is 0. The number of nitrogens with one attached hydrogen (secondary N) is 1. The van der Waals surface area contributed by atoms with Crippen molar-refractivity contribution in [3.63, 3.8) is 0 Å². The maximum atomic E-state index is 6.16. The van der Waals surface area contributed by atoms with Crippen LogP contribution in [0.2, 0.25) is 0 Å². The second kappa shape index (κ2) is 7.06. The summed E-state index contributed by atoms with van der Waals surface area (Å²) >= 11 is 0. The zero-order valence-corrected chi connectivity index (χ0v) is 12.7. The highest BCUT2D eigenvalue weighted by Crippen LogP contribution is 2.22. The Morgan fingerprint density at radius 1 is 1.23 bits per heavy atom. The number of nitrogen functional groups attached to an aromatic ring is 1. The van der Waals surface area contributed by atoms with Gasteiger partial charge in [-0.05, 0) is 38.2 Å². The predicted molar refractivity (Wildman–Crippen MR) is 87.8 cm³/mol. The van der Waals surface area contributed by atoms with E-state index in [1.807, 2.05) is 12.3 Å². The molecule has 0 saturated carbocycles. The molecule has 2 aromatic rings. The van der Waals surface area contributed by atoms with Gasteiger partial charge in [-0.3, -0.25) is 0 Å². The van der Waals surface area contributed by atoms with E-state index < -0.39 is 0 Å². The second-order valence-electron chi connectivity index (χ2n) is 5.55. The Balaban J connectivity index is 1.63. The molecule has 0 saturated heterocycles. The third kappa shape index (κ3) is 3.44. The monoisotopic (exact) mass is 298 g/mol. The topological polar surface area (TPSA) is 81.6 Å². The van der Waals surface area contributed by atoms with Crippen LogP contribution in [0, 0.1) is 0 Å². The molecule has 1 aliphatic rings. The van der Waals surface area contributed by atoms with Gasteiger partial charge in [0.25, 0.3) is 0 Å². The van der Waals surface area contributed by atoms with Crippen LogP contribution >= 0.6 is 0 Å². The molecular weight excluding hydrogens is 276 g/mol. The van der Waals surface area contributed by atoms with Gasteiger partial charge in [-0.2, -0.15) is 5.10 Å². The number of rotatable bonds is 5. The highest BCUT2D eigenvalue weighted by Gasteiger charge is 2.10. The molecule has 116 valence electrons. The van der Waals surface area contributed by atoms with Gasteiger partial charge < -0.3 is 11.1 Å². The Hall–Kier alpha value is -2.37. The number of hydrogen-bond acceptors (Lipinski definition) is 5. The van der Waals surface area contributed by atoms with Gasteiger partial charge in [-0.1, -0.05) is 18.1 Å². The van der Waals surface area contributed by atoms with Crippen LogP contribution in [0.15, 0.2) is 36.4 Å². The second-order valence-corrected chi connectivity index (χ2v) is 5.55. The van der Waals surface area contributed by atoms with E-state index in [9.17, 15) is 0 Å². The Morgan fingerprint density at radius 3 is 3.05 bits per heavy atom. The van der Waals surface area contributed by atoms with Gasteiger partial charge in [-0.15, -0.1) is 0 Å². The fourth-order valence-electron chi connectivity index (χ4n) is 2.75. The number of nitrogens with zero attached hydrogens (tertiary/aromatic N) is 4. The summed E-state index contributed by atoms with van der Waals surface area (Å²) in [5.41, 5.74) is 8.23. The number of anilines is 2. The van der Waals surface area contributed by atoms with Crippen molar-refractivity contribution in [2.24, 2.45) is 0 Å². The SMILES string of the molecule is Nc1c(NCCC2=CCCCCC2)ncnc1-n1cccn1. The van der Waals surface area contributed by atoms with Crippen molar-refractivity contribution in [1.82, 2.24) is 19.7 Å². The van der Waals surface area contributed by atoms with Crippen molar-refractivity contribution >= 4 is 11.5 Å². The van der Waals surface area contributed by atoms with Crippen molar-refractivity contribution < 1.29 is 0 Å². The molecule has 6 heteroatoms. The van der Waals surface area contributed by atoms with Gasteiger partial charge in [0.05, 0.1) is 0 Å². The van der Waals surface area contributed by atoms with Crippen molar-refractivity contribution in [1.29, 1.82) is 0 Å². The molecule has 0 aromatic carbocycles. The lowest BCUT2D eigenvalue weighted by Crippen LogP contribution is -2.11. The normalized spacial score (nSPS) is 15.2. The molecule has 1 aliphatic carbocycles. The van der Waals surface area contributed by atoms with Gasteiger partial charge in [0.1, 0.15) is 12.0 Å². The Morgan fingerprint density at radius 2 is 2.18 bits per heavy atom. The first-order valence-electron chi connectivity index (χ1n) is 7.87. The van der Waals surface area contributed by atoms with Gasteiger partial charge in [-0.25, -0.2) is 14.6 Å². The van der Waals surface area contributed by atoms with E-state index in [1.165, 1.54) is 38.4 Å². The van der Waals surface area contributed by atoms with Crippen molar-refractivity contribution in [2.75, 3.05) is 17.6 Å². The lowest BCUT2D eigenvalue weighted by Gasteiger charge is -2.12. The van der Waals surface area contributed by atoms with Gasteiger partial charge in [0.15, 0.2) is 11.6 Å². The first kappa shape index (κ1) is 14.6. The standard InChI is InChI=1S/C16H22N6/c17-14-15(18-10-8-13-6-3-1-2-4-7-13)19-12-20-16(14)22-11-5-9-21-22/h5-6,9,11-12H,1-4,7-8,10,17H2,(H,18,19,20). The Bertz CT molecular complexity index is 632. The van der Waals surface area contributed by atoms with Crippen LogP contribution in [-0.2, 0) is 0 Å². The first-order chi connectivity index (χ1) is 10.8. The van der Waals surface area contributed by atoms with E-state index in [4.69, 9.17) is 5.73 Å². The Labute approximate surface area is 130 Å². The molecular formula is C16H22N6. The molecule has 0 radical (unpaired) electrons. The summed E-state index contributed by atoms with van der Waals surface area (Å²) in [6.45, 7) is 0.839. The van der Waals surface area contributed by atoms with Crippen LogP contribution in [0.5, 0.6) is 0 Å². The molecule has 2 aromatic heterocycles. The highest BCUT2D eigenvalue weighted by molar-refractivity contribution is 5.68. The van der Waals surface area contributed by atoms with E-state index in [1.54, 1.807) is 16.5 Å². The molecule has 0 atom stereocenters. The molecule has 22 heavy (non-hydrogen) atoms. The first-order valence-corrected chi connectivity index (χ1v) is 7.87. The van der Waals surface area contributed by atoms with Gasteiger partial charge >= 0.3 is 0 Å². The minimum atomic E-state index is 0.529. The lowest BCUT2D eigenvalue weighted by atomic mass is 10.1. The van der Waals surface area contributed by atoms with Crippen LogP contribution < -0.4 is 11.1 Å². The minimum absolute atomic E-state index is 0.529. The van der Waals surface area contributed by atoms with E-state index in [0.29, 0.717) is 17.3 Å². The van der Waals surface area contributed by atoms with Crippen molar-refractivity contribution in [3.05, 3.63) is 36.4 Å². The van der Waals surface area contributed by atoms with E-state index in [2.05, 4.69) is 26.5 Å². The zero-order valence-electron chi connectivity index (χ0n) is 12.7. The summed E-state index contributed by atoms with van der Waals surface area (Å²) in [5.74, 6) is 1.28. The Kier molecular flexibility index (Phi) is 4.68. The molecule has 0 amide bonds. The lowest BCUT2D eigenvalue weighted by molar-refractivity contribution is 0.704. The average molecular weight is 298 g/mol.